The summed E-state index contributed by atoms with van der Waals surface area (Å²) in [4.78, 5) is 11.0. The molecule has 0 N–H and O–H groups in total. The van der Waals surface area contributed by atoms with E-state index >= 15 is 0 Å². The second kappa shape index (κ2) is 4.27. The molecule has 0 aromatic heterocycles. The highest BCUT2D eigenvalue weighted by Gasteiger charge is 2.39. The lowest BCUT2D eigenvalue weighted by Gasteiger charge is -2.35. The molecule has 0 amide bonds. The van der Waals surface area contributed by atoms with Crippen LogP contribution in [0.1, 0.15) is 13.3 Å². The van der Waals surface area contributed by atoms with Crippen molar-refractivity contribution in [2.45, 2.75) is 13.3 Å². The number of sulfonamides is 1. The van der Waals surface area contributed by atoms with Crippen LogP contribution in [0.15, 0.2) is 0 Å². The highest BCUT2D eigenvalue weighted by molar-refractivity contribution is 7.89. The van der Waals surface area contributed by atoms with Crippen molar-refractivity contribution < 1.29 is 17.9 Å². The lowest BCUT2D eigenvalue weighted by atomic mass is 10.0. The molecule has 1 rings (SSSR count). The molecule has 1 aliphatic rings. The first-order valence-corrected chi connectivity index (χ1v) is 6.17. The van der Waals surface area contributed by atoms with Gasteiger partial charge < -0.3 is 4.74 Å². The number of hydrogen-bond acceptors (Lipinski definition) is 4. The molecule has 1 aliphatic heterocycles. The molecule has 0 saturated carbocycles. The van der Waals surface area contributed by atoms with Crippen molar-refractivity contribution in [3.05, 3.63) is 0 Å². The number of hydrogen-bond donors (Lipinski definition) is 0. The van der Waals surface area contributed by atoms with Gasteiger partial charge in [0, 0.05) is 13.1 Å². The van der Waals surface area contributed by atoms with Crippen molar-refractivity contribution in [2.75, 3.05) is 26.0 Å². The van der Waals surface area contributed by atoms with Gasteiger partial charge >= 0.3 is 5.97 Å². The summed E-state index contributed by atoms with van der Waals surface area (Å²) >= 11 is 0. The minimum atomic E-state index is -3.12. The van der Waals surface area contributed by atoms with Crippen molar-refractivity contribution >= 4 is 16.0 Å². The van der Waals surface area contributed by atoms with Crippen LogP contribution in [0.25, 0.3) is 0 Å². The number of rotatable bonds is 4. The molecule has 0 aromatic rings. The minimum absolute atomic E-state index is 0.154. The van der Waals surface area contributed by atoms with Gasteiger partial charge in [0.05, 0.1) is 18.8 Å². The van der Waals surface area contributed by atoms with Crippen LogP contribution in [0.4, 0.5) is 0 Å². The maximum absolute atomic E-state index is 11.4. The number of methoxy groups -OCH3 is 1. The fraction of sp³-hybridized carbons (Fsp3) is 0.875. The molecule has 82 valence electrons. The van der Waals surface area contributed by atoms with Gasteiger partial charge in [-0.25, -0.2) is 12.7 Å². The normalized spacial score (nSPS) is 19.0. The summed E-state index contributed by atoms with van der Waals surface area (Å²) in [5.41, 5.74) is 0. The van der Waals surface area contributed by atoms with E-state index in [-0.39, 0.29) is 30.7 Å². The van der Waals surface area contributed by atoms with Crippen LogP contribution in [0.5, 0.6) is 0 Å². The van der Waals surface area contributed by atoms with E-state index in [0.717, 1.165) is 0 Å². The topological polar surface area (TPSA) is 63.7 Å². The van der Waals surface area contributed by atoms with Gasteiger partial charge in [-0.2, -0.15) is 0 Å². The Morgan fingerprint density at radius 2 is 2.07 bits per heavy atom. The maximum Gasteiger partial charge on any atom is 0.311 e. The third-order valence-corrected chi connectivity index (χ3v) is 4.25. The Kier molecular flexibility index (Phi) is 3.49. The number of esters is 1. The quantitative estimate of drug-likeness (QED) is 0.618. The lowest BCUT2D eigenvalue weighted by molar-refractivity contribution is -0.149. The second-order valence-corrected chi connectivity index (χ2v) is 5.44. The summed E-state index contributed by atoms with van der Waals surface area (Å²) in [7, 11) is -1.81. The van der Waals surface area contributed by atoms with Gasteiger partial charge in [0.25, 0.3) is 0 Å². The van der Waals surface area contributed by atoms with Gasteiger partial charge in [-0.1, -0.05) is 6.92 Å². The first-order valence-electron chi connectivity index (χ1n) is 4.57. The van der Waals surface area contributed by atoms with E-state index in [2.05, 4.69) is 4.74 Å². The van der Waals surface area contributed by atoms with Crippen molar-refractivity contribution in [3.8, 4) is 0 Å². The monoisotopic (exact) mass is 221 g/mol. The van der Waals surface area contributed by atoms with Crippen LogP contribution in [0.2, 0.25) is 0 Å². The lowest BCUT2D eigenvalue weighted by Crippen LogP contribution is -2.53. The Morgan fingerprint density at radius 1 is 1.50 bits per heavy atom. The van der Waals surface area contributed by atoms with Crippen molar-refractivity contribution in [1.82, 2.24) is 4.31 Å². The fourth-order valence-electron chi connectivity index (χ4n) is 1.37. The number of carbonyl (C=O) groups is 1. The molecule has 0 spiro atoms. The zero-order valence-corrected chi connectivity index (χ0v) is 9.21. The molecule has 5 nitrogen and oxygen atoms in total. The molecule has 0 aromatic carbocycles. The van der Waals surface area contributed by atoms with E-state index in [4.69, 9.17) is 0 Å². The fourth-order valence-corrected chi connectivity index (χ4v) is 2.96. The predicted molar refractivity (Wildman–Crippen MR) is 51.2 cm³/mol. The van der Waals surface area contributed by atoms with E-state index in [1.54, 1.807) is 0 Å². The summed E-state index contributed by atoms with van der Waals surface area (Å²) in [6.07, 6.45) is 0.599. The van der Waals surface area contributed by atoms with Gasteiger partial charge in [0.1, 0.15) is 0 Å². The van der Waals surface area contributed by atoms with E-state index in [1.165, 1.54) is 11.4 Å². The van der Waals surface area contributed by atoms with Crippen molar-refractivity contribution in [3.63, 3.8) is 0 Å². The molecule has 0 radical (unpaired) electrons. The molecule has 0 aliphatic carbocycles. The van der Waals surface area contributed by atoms with Crippen LogP contribution in [-0.2, 0) is 19.6 Å². The SMILES string of the molecule is CCCS(=O)(=O)N1CC(C(=O)OC)C1. The Balaban J connectivity index is 2.45. The minimum Gasteiger partial charge on any atom is -0.469 e. The van der Waals surface area contributed by atoms with Crippen LogP contribution >= 0.6 is 0 Å². The number of ether oxygens (including phenoxy) is 1. The summed E-state index contributed by atoms with van der Waals surface area (Å²) in [6, 6.07) is 0. The van der Waals surface area contributed by atoms with Gasteiger partial charge in [0.15, 0.2) is 0 Å². The summed E-state index contributed by atoms with van der Waals surface area (Å²) in [6.45, 7) is 2.36. The van der Waals surface area contributed by atoms with Gasteiger partial charge in [-0.3, -0.25) is 4.79 Å². The molecule has 1 saturated heterocycles. The molecule has 6 heteroatoms. The van der Waals surface area contributed by atoms with Crippen LogP contribution in [0.3, 0.4) is 0 Å². The molecular weight excluding hydrogens is 206 g/mol. The summed E-state index contributed by atoms with van der Waals surface area (Å²) in [5, 5.41) is 0. The van der Waals surface area contributed by atoms with Crippen LogP contribution in [-0.4, -0.2) is 44.6 Å². The highest BCUT2D eigenvalue weighted by Crippen LogP contribution is 2.21. The van der Waals surface area contributed by atoms with Crippen LogP contribution < -0.4 is 0 Å². The third kappa shape index (κ3) is 2.24. The molecular formula is C8H15NO4S. The first kappa shape index (κ1) is 11.5. The molecule has 0 unspecified atom stereocenters. The molecule has 1 heterocycles. The van der Waals surface area contributed by atoms with Gasteiger partial charge in [-0.15, -0.1) is 0 Å². The zero-order valence-electron chi connectivity index (χ0n) is 8.39. The van der Waals surface area contributed by atoms with Crippen molar-refractivity contribution in [1.29, 1.82) is 0 Å². The summed E-state index contributed by atoms with van der Waals surface area (Å²) < 4.78 is 28.7. The smallest absolute Gasteiger partial charge is 0.311 e. The van der Waals surface area contributed by atoms with E-state index in [9.17, 15) is 13.2 Å². The number of carbonyl (C=O) groups excluding carboxylic acids is 1. The van der Waals surface area contributed by atoms with E-state index < -0.39 is 10.0 Å². The molecule has 0 bridgehead atoms. The first-order chi connectivity index (χ1) is 6.51. The third-order valence-electron chi connectivity index (χ3n) is 2.24. The van der Waals surface area contributed by atoms with E-state index in [0.29, 0.717) is 6.42 Å². The Bertz CT molecular complexity index is 305. The summed E-state index contributed by atoms with van der Waals surface area (Å²) in [5.74, 6) is -0.444. The molecule has 14 heavy (non-hydrogen) atoms. The second-order valence-electron chi connectivity index (χ2n) is 3.35. The highest BCUT2D eigenvalue weighted by atomic mass is 32.2. The Labute approximate surface area is 84.1 Å². The number of nitrogens with zero attached hydrogens (tertiary/aromatic N) is 1. The van der Waals surface area contributed by atoms with Crippen molar-refractivity contribution in [2.24, 2.45) is 5.92 Å². The Morgan fingerprint density at radius 3 is 2.50 bits per heavy atom. The maximum atomic E-state index is 11.4. The molecule has 0 atom stereocenters. The standard InChI is InChI=1S/C8H15NO4S/c1-3-4-14(11,12)9-5-7(6-9)8(10)13-2/h7H,3-6H2,1-2H3. The van der Waals surface area contributed by atoms with E-state index in [1.807, 2.05) is 6.92 Å². The molecule has 1 fully saturated rings. The largest absolute Gasteiger partial charge is 0.469 e. The zero-order chi connectivity index (χ0) is 10.8. The van der Waals surface area contributed by atoms with Gasteiger partial charge in [0.2, 0.25) is 10.0 Å². The van der Waals surface area contributed by atoms with Crippen LogP contribution in [0, 0.1) is 5.92 Å². The Hall–Kier alpha value is -0.620. The average molecular weight is 221 g/mol. The average Bonchev–Trinajstić information content (AvgIpc) is 2.00. The van der Waals surface area contributed by atoms with Gasteiger partial charge in [-0.05, 0) is 6.42 Å². The predicted octanol–water partition coefficient (Wildman–Crippen LogP) is -0.169.